The third-order valence-corrected chi connectivity index (χ3v) is 2.97. The molecule has 1 aliphatic rings. The average Bonchev–Trinajstić information content (AvgIpc) is 2.01. The molecule has 14 heavy (non-hydrogen) atoms. The summed E-state index contributed by atoms with van der Waals surface area (Å²) in [6.45, 7) is 4.46. The molecule has 0 bridgehead atoms. The van der Waals surface area contributed by atoms with Crippen LogP contribution in [-0.2, 0) is 9.53 Å². The van der Waals surface area contributed by atoms with E-state index in [0.29, 0.717) is 19.4 Å². The maximum absolute atomic E-state index is 10.8. The average molecular weight is 201 g/mol. The van der Waals surface area contributed by atoms with E-state index in [1.807, 2.05) is 13.8 Å². The fourth-order valence-electron chi connectivity index (χ4n) is 2.03. The van der Waals surface area contributed by atoms with Crippen molar-refractivity contribution in [3.05, 3.63) is 0 Å². The molecule has 0 aromatic carbocycles. The molecule has 0 radical (unpaired) electrons. The number of rotatable bonds is 3. The topological polar surface area (TPSA) is 72.5 Å². The van der Waals surface area contributed by atoms with E-state index >= 15 is 0 Å². The molecule has 0 aliphatic carbocycles. The van der Waals surface area contributed by atoms with Crippen LogP contribution in [-0.4, -0.2) is 28.8 Å². The van der Waals surface area contributed by atoms with Crippen molar-refractivity contribution in [1.82, 2.24) is 0 Å². The molecular weight excluding hydrogens is 182 g/mol. The summed E-state index contributed by atoms with van der Waals surface area (Å²) in [6.07, 6.45) is 1.84. The highest BCUT2D eigenvalue weighted by atomic mass is 16.5. The Morgan fingerprint density at radius 1 is 1.64 bits per heavy atom. The largest absolute Gasteiger partial charge is 0.389 e. The highest BCUT2D eigenvalue weighted by Crippen LogP contribution is 2.36. The summed E-state index contributed by atoms with van der Waals surface area (Å²) in [5.41, 5.74) is 3.82. The Hall–Kier alpha value is -0.610. The van der Waals surface area contributed by atoms with Gasteiger partial charge in [-0.1, -0.05) is 6.92 Å². The highest BCUT2D eigenvalue weighted by Gasteiger charge is 2.41. The monoisotopic (exact) mass is 201 g/mol. The summed E-state index contributed by atoms with van der Waals surface area (Å²) in [4.78, 5) is 10.8. The summed E-state index contributed by atoms with van der Waals surface area (Å²) in [5, 5.41) is 10.1. The van der Waals surface area contributed by atoms with Crippen molar-refractivity contribution in [2.24, 2.45) is 5.73 Å². The van der Waals surface area contributed by atoms with Crippen LogP contribution < -0.4 is 5.73 Å². The van der Waals surface area contributed by atoms with E-state index in [1.54, 1.807) is 0 Å². The van der Waals surface area contributed by atoms with Gasteiger partial charge in [0, 0.05) is 12.8 Å². The first kappa shape index (κ1) is 11.5. The molecule has 2 atom stereocenters. The SMILES string of the molecule is CCC1(C)CC(O)(CC(N)=O)CCO1. The second-order valence-electron chi connectivity index (χ2n) is 4.45. The Balaban J connectivity index is 2.66. The summed E-state index contributed by atoms with van der Waals surface area (Å²) in [5.74, 6) is -0.451. The van der Waals surface area contributed by atoms with Crippen LogP contribution in [0.3, 0.4) is 0 Å². The number of hydrogen-bond acceptors (Lipinski definition) is 3. The molecule has 1 heterocycles. The Morgan fingerprint density at radius 3 is 2.79 bits per heavy atom. The minimum Gasteiger partial charge on any atom is -0.389 e. The van der Waals surface area contributed by atoms with Gasteiger partial charge in [-0.3, -0.25) is 4.79 Å². The summed E-state index contributed by atoms with van der Waals surface area (Å²) < 4.78 is 5.58. The molecule has 1 saturated heterocycles. The van der Waals surface area contributed by atoms with E-state index in [4.69, 9.17) is 10.5 Å². The first-order valence-electron chi connectivity index (χ1n) is 5.04. The molecule has 82 valence electrons. The van der Waals surface area contributed by atoms with Crippen molar-refractivity contribution in [2.45, 2.75) is 50.7 Å². The van der Waals surface area contributed by atoms with Gasteiger partial charge in [-0.05, 0) is 13.3 Å². The van der Waals surface area contributed by atoms with Crippen LogP contribution in [0, 0.1) is 0 Å². The lowest BCUT2D eigenvalue weighted by Crippen LogP contribution is -2.48. The Bertz CT molecular complexity index is 231. The van der Waals surface area contributed by atoms with E-state index < -0.39 is 11.5 Å². The molecular formula is C10H19NO3. The van der Waals surface area contributed by atoms with Crippen molar-refractivity contribution in [3.63, 3.8) is 0 Å². The van der Waals surface area contributed by atoms with Crippen LogP contribution >= 0.6 is 0 Å². The van der Waals surface area contributed by atoms with Crippen LogP contribution in [0.25, 0.3) is 0 Å². The van der Waals surface area contributed by atoms with Gasteiger partial charge in [-0.2, -0.15) is 0 Å². The van der Waals surface area contributed by atoms with Gasteiger partial charge in [-0.15, -0.1) is 0 Å². The van der Waals surface area contributed by atoms with E-state index in [0.717, 1.165) is 6.42 Å². The molecule has 3 N–H and O–H groups in total. The molecule has 0 aromatic heterocycles. The van der Waals surface area contributed by atoms with Gasteiger partial charge in [0.25, 0.3) is 0 Å². The third-order valence-electron chi connectivity index (χ3n) is 2.97. The summed E-state index contributed by atoms with van der Waals surface area (Å²) >= 11 is 0. The van der Waals surface area contributed by atoms with Gasteiger partial charge >= 0.3 is 0 Å². The number of primary amides is 1. The zero-order chi connectivity index (χ0) is 10.8. The number of nitrogens with two attached hydrogens (primary N) is 1. The molecule has 1 amide bonds. The van der Waals surface area contributed by atoms with Crippen molar-refractivity contribution in [3.8, 4) is 0 Å². The fraction of sp³-hybridized carbons (Fsp3) is 0.900. The second kappa shape index (κ2) is 3.87. The maximum atomic E-state index is 10.8. The molecule has 4 heteroatoms. The number of hydrogen-bond donors (Lipinski definition) is 2. The first-order valence-corrected chi connectivity index (χ1v) is 5.04. The predicted molar refractivity (Wildman–Crippen MR) is 52.6 cm³/mol. The predicted octanol–water partition coefficient (Wildman–Crippen LogP) is 0.572. The molecule has 4 nitrogen and oxygen atoms in total. The van der Waals surface area contributed by atoms with Crippen LogP contribution in [0.2, 0.25) is 0 Å². The minimum atomic E-state index is -0.963. The first-order chi connectivity index (χ1) is 6.39. The molecule has 2 unspecified atom stereocenters. The molecule has 1 rings (SSSR count). The lowest BCUT2D eigenvalue weighted by atomic mass is 9.80. The molecule has 1 fully saturated rings. The second-order valence-corrected chi connectivity index (χ2v) is 4.45. The molecule has 0 saturated carbocycles. The van der Waals surface area contributed by atoms with Crippen molar-refractivity contribution < 1.29 is 14.6 Å². The zero-order valence-electron chi connectivity index (χ0n) is 8.88. The minimum absolute atomic E-state index is 0.0337. The van der Waals surface area contributed by atoms with Gasteiger partial charge in [-0.25, -0.2) is 0 Å². The van der Waals surface area contributed by atoms with Gasteiger partial charge in [0.2, 0.25) is 5.91 Å². The van der Waals surface area contributed by atoms with Gasteiger partial charge < -0.3 is 15.6 Å². The van der Waals surface area contributed by atoms with Crippen LogP contribution in [0.1, 0.15) is 39.5 Å². The normalized spacial score (nSPS) is 38.2. The number of ether oxygens (including phenoxy) is 1. The lowest BCUT2D eigenvalue weighted by molar-refractivity contribution is -0.160. The van der Waals surface area contributed by atoms with E-state index in [9.17, 15) is 9.90 Å². The van der Waals surface area contributed by atoms with Crippen molar-refractivity contribution >= 4 is 5.91 Å². The van der Waals surface area contributed by atoms with Gasteiger partial charge in [0.05, 0.1) is 24.2 Å². The maximum Gasteiger partial charge on any atom is 0.220 e. The number of carbonyl (C=O) groups excluding carboxylic acids is 1. The Morgan fingerprint density at radius 2 is 2.29 bits per heavy atom. The number of carbonyl (C=O) groups is 1. The van der Waals surface area contributed by atoms with Crippen LogP contribution in [0.4, 0.5) is 0 Å². The van der Waals surface area contributed by atoms with Gasteiger partial charge in [0.1, 0.15) is 0 Å². The van der Waals surface area contributed by atoms with Crippen molar-refractivity contribution in [1.29, 1.82) is 0 Å². The number of amides is 1. The summed E-state index contributed by atoms with van der Waals surface area (Å²) in [6, 6.07) is 0. The smallest absolute Gasteiger partial charge is 0.220 e. The lowest BCUT2D eigenvalue weighted by Gasteiger charge is -2.42. The third kappa shape index (κ3) is 2.69. The Labute approximate surface area is 84.4 Å². The van der Waals surface area contributed by atoms with Gasteiger partial charge in [0.15, 0.2) is 0 Å². The zero-order valence-corrected chi connectivity index (χ0v) is 8.88. The highest BCUT2D eigenvalue weighted by molar-refractivity contribution is 5.74. The summed E-state index contributed by atoms with van der Waals surface area (Å²) in [7, 11) is 0. The van der Waals surface area contributed by atoms with E-state index in [1.165, 1.54) is 0 Å². The number of aliphatic hydroxyl groups is 1. The van der Waals surface area contributed by atoms with Crippen molar-refractivity contribution in [2.75, 3.05) is 6.61 Å². The van der Waals surface area contributed by atoms with E-state index in [2.05, 4.69) is 0 Å². The van der Waals surface area contributed by atoms with E-state index in [-0.39, 0.29) is 12.0 Å². The molecule has 0 spiro atoms. The fourth-order valence-corrected chi connectivity index (χ4v) is 2.03. The Kier molecular flexibility index (Phi) is 3.17. The molecule has 1 aliphatic heterocycles. The standard InChI is InChI=1S/C10H19NO3/c1-3-9(2)7-10(13,4-5-14-9)6-8(11)12/h13H,3-7H2,1-2H3,(H2,11,12). The van der Waals surface area contributed by atoms with Crippen LogP contribution in [0.5, 0.6) is 0 Å². The quantitative estimate of drug-likeness (QED) is 0.701. The van der Waals surface area contributed by atoms with Crippen LogP contribution in [0.15, 0.2) is 0 Å². The molecule has 0 aromatic rings.